The van der Waals surface area contributed by atoms with E-state index in [1.54, 1.807) is 7.11 Å². The maximum Gasteiger partial charge on any atom is 0.344 e. The molecule has 8 aromatic rings. The minimum Gasteiger partial charge on any atom is -0.507 e. The van der Waals surface area contributed by atoms with Crippen molar-refractivity contribution >= 4 is 27.5 Å². The van der Waals surface area contributed by atoms with E-state index < -0.39 is 5.97 Å². The first-order chi connectivity index (χ1) is 37.9. The van der Waals surface area contributed by atoms with Gasteiger partial charge < -0.3 is 24.1 Å². The number of hydrogen-bond donors (Lipinski definition) is 1. The Labute approximate surface area is 477 Å². The van der Waals surface area contributed by atoms with E-state index in [9.17, 15) is 5.11 Å². The Morgan fingerprint density at radius 1 is 0.450 bits per heavy atom. The van der Waals surface area contributed by atoms with E-state index in [2.05, 4.69) is 176 Å². The smallest absolute Gasteiger partial charge is 0.344 e. The van der Waals surface area contributed by atoms with Crippen LogP contribution in [-0.2, 0) is 47.3 Å². The summed E-state index contributed by atoms with van der Waals surface area (Å²) in [5.41, 5.74) is 13.2. The number of unbranched alkanes of at least 4 members (excludes halogenated alkanes) is 2. The van der Waals surface area contributed by atoms with Crippen LogP contribution >= 0.6 is 0 Å². The monoisotopic (exact) mass is 1070 g/mol. The minimum atomic E-state index is -0.484. The van der Waals surface area contributed by atoms with Gasteiger partial charge in [-0.05, 0) is 124 Å². The van der Waals surface area contributed by atoms with Gasteiger partial charge in [-0.2, -0.15) is 0 Å². The zero-order valence-corrected chi connectivity index (χ0v) is 50.6. The molecule has 80 heavy (non-hydrogen) atoms. The maximum absolute atomic E-state index is 16.0. The molecule has 1 aliphatic carbocycles. The second-order valence-corrected chi connectivity index (χ2v) is 26.6. The Bertz CT molecular complexity index is 3600. The molecule has 6 nitrogen and oxygen atoms in total. The largest absolute Gasteiger partial charge is 0.507 e. The molecular formula is C74H86O6. The summed E-state index contributed by atoms with van der Waals surface area (Å²) < 4.78 is 27.6. The standard InChI is InChI=1S/C74H86O6/c1-16-18-32-78-67-50-34-48-38-56(71(3,4)5)39-49(66(48)75)35-54-44-59(74(12,13)14)45-55(37-53-43-58(73(9,10)11)42-52(68(53)79-33-19-17-2)36-51(67)41-57(40-50)72(6,7)8)69(54)80-70(76)62-30-28-46-24-20-22-26-60(46)64(62)65-61-27-23-21-25-47(61)29-31-63(65)77-15/h20-31,38-45,75H,16-19,32-37H2,1-15H3. The van der Waals surface area contributed by atoms with Crippen LogP contribution in [0.4, 0.5) is 0 Å². The molecule has 0 fully saturated rings. The summed E-state index contributed by atoms with van der Waals surface area (Å²) in [5.74, 6) is 2.63. The average molecular weight is 1070 g/mol. The summed E-state index contributed by atoms with van der Waals surface area (Å²) in [4.78, 5) is 16.0. The van der Waals surface area contributed by atoms with E-state index >= 15 is 4.79 Å². The normalized spacial score (nSPS) is 13.1. The Hall–Kier alpha value is -7.05. The Balaban J connectivity index is 1.38. The Kier molecular flexibility index (Phi) is 16.4. The number of ether oxygens (including phenoxy) is 4. The Morgan fingerprint density at radius 3 is 1.19 bits per heavy atom. The fourth-order valence-corrected chi connectivity index (χ4v) is 11.3. The number of phenols is 1. The van der Waals surface area contributed by atoms with E-state index in [4.69, 9.17) is 18.9 Å². The fourth-order valence-electron chi connectivity index (χ4n) is 11.3. The molecule has 6 heteroatoms. The number of methoxy groups -OCH3 is 1. The highest BCUT2D eigenvalue weighted by Gasteiger charge is 2.31. The predicted molar refractivity (Wildman–Crippen MR) is 333 cm³/mol. The third-order valence-electron chi connectivity index (χ3n) is 16.2. The van der Waals surface area contributed by atoms with Crippen LogP contribution in [0.15, 0.2) is 121 Å². The van der Waals surface area contributed by atoms with Crippen LogP contribution in [-0.4, -0.2) is 31.4 Å². The average Bonchev–Trinajstić information content (AvgIpc) is 3.49. The summed E-state index contributed by atoms with van der Waals surface area (Å²) >= 11 is 0. The molecular weight excluding hydrogens is 985 g/mol. The van der Waals surface area contributed by atoms with Crippen LogP contribution in [0.5, 0.6) is 28.7 Å². The highest BCUT2D eigenvalue weighted by molar-refractivity contribution is 6.14. The van der Waals surface area contributed by atoms with Gasteiger partial charge in [-0.3, -0.25) is 0 Å². The number of benzene rings is 8. The van der Waals surface area contributed by atoms with Crippen molar-refractivity contribution < 1.29 is 28.8 Å². The molecule has 0 radical (unpaired) electrons. The van der Waals surface area contributed by atoms with Gasteiger partial charge in [0.15, 0.2) is 0 Å². The van der Waals surface area contributed by atoms with Crippen molar-refractivity contribution in [3.63, 3.8) is 0 Å². The molecule has 0 amide bonds. The highest BCUT2D eigenvalue weighted by Crippen LogP contribution is 2.47. The van der Waals surface area contributed by atoms with Gasteiger partial charge in [0.05, 0.1) is 25.9 Å². The number of hydrogen-bond acceptors (Lipinski definition) is 6. The summed E-state index contributed by atoms with van der Waals surface area (Å²) in [6.45, 7) is 32.6. The second-order valence-electron chi connectivity index (χ2n) is 26.6. The molecule has 0 saturated carbocycles. The number of carbonyl (C=O) groups excluding carboxylic acids is 1. The van der Waals surface area contributed by atoms with Crippen molar-refractivity contribution in [2.24, 2.45) is 0 Å². The van der Waals surface area contributed by atoms with E-state index in [1.807, 2.05) is 42.5 Å². The summed E-state index contributed by atoms with van der Waals surface area (Å²) in [5, 5.41) is 16.9. The van der Waals surface area contributed by atoms with E-state index in [1.165, 1.54) is 11.1 Å². The van der Waals surface area contributed by atoms with Gasteiger partial charge in [0.25, 0.3) is 0 Å². The quantitative estimate of drug-likeness (QED) is 0.0746. The number of rotatable bonds is 12. The van der Waals surface area contributed by atoms with Gasteiger partial charge in [0.2, 0.25) is 0 Å². The second kappa shape index (κ2) is 22.8. The molecule has 418 valence electrons. The number of aromatic hydroxyl groups is 1. The van der Waals surface area contributed by atoms with Crippen molar-refractivity contribution in [2.75, 3.05) is 20.3 Å². The van der Waals surface area contributed by atoms with Crippen molar-refractivity contribution in [3.8, 4) is 39.9 Å². The summed E-state index contributed by atoms with van der Waals surface area (Å²) in [6, 6.07) is 42.6. The topological polar surface area (TPSA) is 74.2 Å². The van der Waals surface area contributed by atoms with Crippen LogP contribution in [0, 0.1) is 0 Å². The fraction of sp³-hybridized carbons (Fsp3) is 0.392. The number of carbonyl (C=O) groups is 1. The highest BCUT2D eigenvalue weighted by atomic mass is 16.5. The lowest BCUT2D eigenvalue weighted by Crippen LogP contribution is -2.18. The van der Waals surface area contributed by atoms with Gasteiger partial charge in [0, 0.05) is 47.9 Å². The van der Waals surface area contributed by atoms with Gasteiger partial charge in [-0.25, -0.2) is 4.79 Å². The predicted octanol–water partition coefficient (Wildman–Crippen LogP) is 18.8. The van der Waals surface area contributed by atoms with Gasteiger partial charge in [0.1, 0.15) is 28.7 Å². The molecule has 1 N–H and O–H groups in total. The molecule has 0 heterocycles. The number of fused-ring (bicyclic) bond motifs is 10. The first-order valence-electron chi connectivity index (χ1n) is 29.3. The van der Waals surface area contributed by atoms with Crippen LogP contribution in [0.1, 0.15) is 200 Å². The lowest BCUT2D eigenvalue weighted by Gasteiger charge is -2.29. The van der Waals surface area contributed by atoms with Gasteiger partial charge >= 0.3 is 5.97 Å². The van der Waals surface area contributed by atoms with Crippen LogP contribution in [0.25, 0.3) is 32.7 Å². The van der Waals surface area contributed by atoms with Crippen molar-refractivity contribution in [3.05, 3.63) is 194 Å². The third-order valence-corrected chi connectivity index (χ3v) is 16.2. The molecule has 1 aliphatic rings. The first kappa shape index (κ1) is 57.6. The zero-order valence-electron chi connectivity index (χ0n) is 50.6. The minimum absolute atomic E-state index is 0.179. The maximum atomic E-state index is 16.0. The van der Waals surface area contributed by atoms with E-state index in [0.29, 0.717) is 56.0 Å². The van der Waals surface area contributed by atoms with Crippen molar-refractivity contribution in [1.29, 1.82) is 0 Å². The third kappa shape index (κ3) is 12.2. The van der Waals surface area contributed by atoms with Crippen LogP contribution in [0.3, 0.4) is 0 Å². The summed E-state index contributed by atoms with van der Waals surface area (Å²) in [7, 11) is 1.69. The molecule has 8 bridgehead atoms. The molecule has 8 aromatic carbocycles. The molecule has 0 aromatic heterocycles. The molecule has 9 rings (SSSR count). The van der Waals surface area contributed by atoms with Gasteiger partial charge in [-0.15, -0.1) is 0 Å². The Morgan fingerprint density at radius 2 is 0.800 bits per heavy atom. The van der Waals surface area contributed by atoms with Crippen LogP contribution in [0.2, 0.25) is 0 Å². The SMILES string of the molecule is CCCCOc1c2cc(C(C)(C)C)cc1Cc1cc(C(C)(C)C)cc(c1OCCCC)Cc1cc(C(C)(C)C)cc(c1OC(=O)c1ccc3ccccc3c1-c1c(OC)ccc3ccccc13)Cc1cc(C(C)(C)C)cc(c1O)C2. The van der Waals surface area contributed by atoms with E-state index in [-0.39, 0.29) is 27.4 Å². The molecule has 0 unspecified atom stereocenters. The van der Waals surface area contributed by atoms with Gasteiger partial charge in [-0.1, -0.05) is 219 Å². The van der Waals surface area contributed by atoms with Crippen molar-refractivity contribution in [1.82, 2.24) is 0 Å². The van der Waals surface area contributed by atoms with Crippen LogP contribution < -0.4 is 18.9 Å². The molecule has 0 atom stereocenters. The summed E-state index contributed by atoms with van der Waals surface area (Å²) in [6.07, 6.45) is 5.53. The molecule has 0 aliphatic heterocycles. The first-order valence-corrected chi connectivity index (χ1v) is 29.3. The van der Waals surface area contributed by atoms with Crippen molar-refractivity contribution in [2.45, 2.75) is 170 Å². The zero-order chi connectivity index (χ0) is 57.5. The lowest BCUT2D eigenvalue weighted by atomic mass is 9.79. The van der Waals surface area contributed by atoms with E-state index in [0.717, 1.165) is 125 Å². The molecule has 0 saturated heterocycles. The number of esters is 1. The lowest BCUT2D eigenvalue weighted by molar-refractivity contribution is 0.0732. The molecule has 0 spiro atoms. The number of phenolic OH excluding ortho intramolecular Hbond substituents is 1.